The van der Waals surface area contributed by atoms with Crippen molar-refractivity contribution in [3.63, 3.8) is 0 Å². The van der Waals surface area contributed by atoms with Crippen molar-refractivity contribution < 1.29 is 13.3 Å². The molecule has 130 valence electrons. The molecule has 25 heavy (non-hydrogen) atoms. The lowest BCUT2D eigenvalue weighted by Gasteiger charge is -2.20. The van der Waals surface area contributed by atoms with Crippen LogP contribution in [0.5, 0.6) is 0 Å². The molecule has 3 aromatic rings. The second kappa shape index (κ2) is 6.02. The van der Waals surface area contributed by atoms with E-state index < -0.39 is 11.6 Å². The molecule has 1 aliphatic carbocycles. The highest BCUT2D eigenvalue weighted by atomic mass is 19.2. The lowest BCUT2D eigenvalue weighted by molar-refractivity contribution is 0.332. The topological polar surface area (TPSA) is 76.7 Å². The van der Waals surface area contributed by atoms with E-state index >= 15 is 0 Å². The Morgan fingerprint density at radius 3 is 2.64 bits per heavy atom. The number of nitrogens with one attached hydrogen (secondary N) is 1. The van der Waals surface area contributed by atoms with E-state index in [-0.39, 0.29) is 12.0 Å². The van der Waals surface area contributed by atoms with Crippen LogP contribution in [0.15, 0.2) is 23.0 Å². The monoisotopic (exact) mass is 345 g/mol. The molecule has 0 bridgehead atoms. The minimum absolute atomic E-state index is 0.114. The van der Waals surface area contributed by atoms with Gasteiger partial charge in [-0.25, -0.2) is 18.7 Å². The van der Waals surface area contributed by atoms with Crippen molar-refractivity contribution in [1.82, 2.24) is 20.1 Å². The molecule has 0 spiro atoms. The molecular weight excluding hydrogens is 328 g/mol. The smallest absolute Gasteiger partial charge is 0.249 e. The Morgan fingerprint density at radius 1 is 1.16 bits per heavy atom. The summed E-state index contributed by atoms with van der Waals surface area (Å²) in [5, 5.41) is 7.66. The summed E-state index contributed by atoms with van der Waals surface area (Å²) in [6.45, 7) is 4.00. The molecule has 0 radical (unpaired) electrons. The van der Waals surface area contributed by atoms with E-state index in [1.54, 1.807) is 0 Å². The fourth-order valence-electron chi connectivity index (χ4n) is 2.71. The maximum absolute atomic E-state index is 13.6. The van der Waals surface area contributed by atoms with Crippen LogP contribution >= 0.6 is 0 Å². The van der Waals surface area contributed by atoms with Crippen LogP contribution in [0.25, 0.3) is 10.9 Å². The van der Waals surface area contributed by atoms with Gasteiger partial charge >= 0.3 is 0 Å². The Kier molecular flexibility index (Phi) is 3.82. The molecule has 2 aromatic heterocycles. The number of anilines is 1. The summed E-state index contributed by atoms with van der Waals surface area (Å²) in [7, 11) is 0. The van der Waals surface area contributed by atoms with Crippen molar-refractivity contribution in [1.29, 1.82) is 0 Å². The van der Waals surface area contributed by atoms with Crippen LogP contribution < -0.4 is 5.32 Å². The summed E-state index contributed by atoms with van der Waals surface area (Å²) in [4.78, 5) is 12.7. The van der Waals surface area contributed by atoms with Gasteiger partial charge in [0, 0.05) is 17.4 Å². The Hall–Kier alpha value is -2.64. The third-order valence-electron chi connectivity index (χ3n) is 4.30. The number of fused-ring (bicyclic) bond motifs is 1. The highest BCUT2D eigenvalue weighted by molar-refractivity contribution is 5.89. The van der Waals surface area contributed by atoms with Crippen LogP contribution in [0.4, 0.5) is 14.6 Å². The van der Waals surface area contributed by atoms with Gasteiger partial charge in [-0.05, 0) is 24.8 Å². The summed E-state index contributed by atoms with van der Waals surface area (Å²) < 4.78 is 32.5. The maximum Gasteiger partial charge on any atom is 0.249 e. The highest BCUT2D eigenvalue weighted by Crippen LogP contribution is 2.39. The van der Waals surface area contributed by atoms with Crippen LogP contribution in [-0.4, -0.2) is 20.1 Å². The van der Waals surface area contributed by atoms with Gasteiger partial charge in [-0.15, -0.1) is 0 Å². The average Bonchev–Trinajstić information content (AvgIpc) is 3.32. The van der Waals surface area contributed by atoms with E-state index in [2.05, 4.69) is 25.4 Å². The molecule has 1 atom stereocenters. The Balaban J connectivity index is 1.70. The molecular formula is C17H17F2N5O. The average molecular weight is 345 g/mol. The molecule has 4 rings (SSSR count). The molecule has 0 aliphatic heterocycles. The molecule has 1 aromatic carbocycles. The van der Waals surface area contributed by atoms with Gasteiger partial charge in [0.15, 0.2) is 17.5 Å². The quantitative estimate of drug-likeness (QED) is 0.754. The summed E-state index contributed by atoms with van der Waals surface area (Å²) >= 11 is 0. The third kappa shape index (κ3) is 3.04. The second-order valence-corrected chi connectivity index (χ2v) is 6.64. The molecule has 1 fully saturated rings. The number of halogens is 2. The molecule has 0 amide bonds. The number of hydrogen-bond donors (Lipinski definition) is 1. The van der Waals surface area contributed by atoms with Crippen LogP contribution in [0.2, 0.25) is 0 Å². The van der Waals surface area contributed by atoms with E-state index in [0.29, 0.717) is 28.5 Å². The first-order valence-electron chi connectivity index (χ1n) is 8.22. The van der Waals surface area contributed by atoms with Gasteiger partial charge in [0.05, 0.1) is 5.52 Å². The number of rotatable bonds is 5. The first-order valence-corrected chi connectivity index (χ1v) is 8.22. The van der Waals surface area contributed by atoms with Gasteiger partial charge in [-0.1, -0.05) is 19.0 Å². The lowest BCUT2D eigenvalue weighted by Crippen LogP contribution is -2.18. The normalized spacial score (nSPS) is 15.7. The van der Waals surface area contributed by atoms with Crippen LogP contribution in [0.3, 0.4) is 0 Å². The zero-order valence-corrected chi connectivity index (χ0v) is 13.8. The third-order valence-corrected chi connectivity index (χ3v) is 4.30. The first-order chi connectivity index (χ1) is 12.0. The molecule has 1 N–H and O–H groups in total. The van der Waals surface area contributed by atoms with Crippen molar-refractivity contribution in [2.75, 3.05) is 5.32 Å². The molecule has 0 unspecified atom stereocenters. The minimum Gasteiger partial charge on any atom is -0.358 e. The SMILES string of the molecule is CC(C)[C@@H](Nc1ncnc2cc(F)c(F)cc12)c1nc(C2CC2)no1. The van der Waals surface area contributed by atoms with Gasteiger partial charge in [0.2, 0.25) is 5.89 Å². The predicted molar refractivity (Wildman–Crippen MR) is 86.9 cm³/mol. The molecule has 1 aliphatic rings. The summed E-state index contributed by atoms with van der Waals surface area (Å²) in [6, 6.07) is 1.85. The van der Waals surface area contributed by atoms with Gasteiger partial charge in [-0.2, -0.15) is 4.98 Å². The van der Waals surface area contributed by atoms with Crippen molar-refractivity contribution in [2.24, 2.45) is 5.92 Å². The van der Waals surface area contributed by atoms with Crippen LogP contribution in [-0.2, 0) is 0 Å². The summed E-state index contributed by atoms with van der Waals surface area (Å²) in [5.41, 5.74) is 0.322. The van der Waals surface area contributed by atoms with E-state index in [4.69, 9.17) is 4.52 Å². The van der Waals surface area contributed by atoms with Crippen molar-refractivity contribution in [3.8, 4) is 0 Å². The predicted octanol–water partition coefficient (Wildman–Crippen LogP) is 3.98. The standard InChI is InChI=1S/C17H17F2N5O/c1-8(2)14(17-23-15(24-25-17)9-3-4-9)22-16-10-5-11(18)12(19)6-13(10)20-7-21-16/h5-9,14H,3-4H2,1-2H3,(H,20,21,22)/t14-/m1/s1. The van der Waals surface area contributed by atoms with E-state index in [1.807, 2.05) is 13.8 Å². The van der Waals surface area contributed by atoms with Crippen LogP contribution in [0.1, 0.15) is 50.4 Å². The van der Waals surface area contributed by atoms with Gasteiger partial charge in [0.1, 0.15) is 18.2 Å². The number of hydrogen-bond acceptors (Lipinski definition) is 6. The van der Waals surface area contributed by atoms with Gasteiger partial charge in [-0.3, -0.25) is 0 Å². The van der Waals surface area contributed by atoms with E-state index in [9.17, 15) is 8.78 Å². The van der Waals surface area contributed by atoms with Gasteiger partial charge in [0.25, 0.3) is 0 Å². The fraction of sp³-hybridized carbons (Fsp3) is 0.412. The van der Waals surface area contributed by atoms with Crippen molar-refractivity contribution >= 4 is 16.7 Å². The summed E-state index contributed by atoms with van der Waals surface area (Å²) in [6.07, 6.45) is 3.48. The lowest BCUT2D eigenvalue weighted by atomic mass is 10.0. The minimum atomic E-state index is -0.944. The first kappa shape index (κ1) is 15.9. The van der Waals surface area contributed by atoms with E-state index in [1.165, 1.54) is 6.33 Å². The number of nitrogens with zero attached hydrogens (tertiary/aromatic N) is 4. The van der Waals surface area contributed by atoms with E-state index in [0.717, 1.165) is 30.8 Å². The Morgan fingerprint density at radius 2 is 1.92 bits per heavy atom. The molecule has 8 heteroatoms. The maximum atomic E-state index is 13.6. The van der Waals surface area contributed by atoms with Crippen molar-refractivity contribution in [3.05, 3.63) is 41.8 Å². The summed E-state index contributed by atoms with van der Waals surface area (Å²) in [5.74, 6) is 0.206. The molecule has 2 heterocycles. The number of aromatic nitrogens is 4. The molecule has 1 saturated carbocycles. The second-order valence-electron chi connectivity index (χ2n) is 6.64. The van der Waals surface area contributed by atoms with Gasteiger partial charge < -0.3 is 9.84 Å². The largest absolute Gasteiger partial charge is 0.358 e. The Bertz CT molecular complexity index is 923. The highest BCUT2D eigenvalue weighted by Gasteiger charge is 2.31. The zero-order chi connectivity index (χ0) is 17.6. The van der Waals surface area contributed by atoms with Crippen molar-refractivity contribution in [2.45, 2.75) is 38.6 Å². The fourth-order valence-corrected chi connectivity index (χ4v) is 2.71. The zero-order valence-electron chi connectivity index (χ0n) is 13.8. The number of benzene rings is 1. The molecule has 0 saturated heterocycles. The van der Waals surface area contributed by atoms with Crippen LogP contribution in [0, 0.1) is 17.6 Å². The Labute approximate surface area is 142 Å². The molecule has 6 nitrogen and oxygen atoms in total.